The fraction of sp³-hybridized carbons (Fsp3) is 0.167. The number of hydrogen-bond acceptors (Lipinski definition) is 4. The second-order valence-corrected chi connectivity index (χ2v) is 2.66. The van der Waals surface area contributed by atoms with Gasteiger partial charge in [-0.05, 0) is 17.1 Å². The van der Waals surface area contributed by atoms with Gasteiger partial charge in [0.2, 0.25) is 0 Å². The zero-order chi connectivity index (χ0) is 8.27. The van der Waals surface area contributed by atoms with E-state index >= 15 is 0 Å². The third kappa shape index (κ3) is 2.95. The summed E-state index contributed by atoms with van der Waals surface area (Å²) in [6.45, 7) is 0. The molecule has 0 radical (unpaired) electrons. The van der Waals surface area contributed by atoms with E-state index in [9.17, 15) is 8.76 Å². The van der Waals surface area contributed by atoms with Gasteiger partial charge in [0.05, 0.1) is 7.11 Å². The van der Waals surface area contributed by atoms with Crippen LogP contribution in [0.4, 0.5) is 0 Å². The van der Waals surface area contributed by atoms with E-state index in [1.165, 1.54) is 19.4 Å². The van der Waals surface area contributed by atoms with Gasteiger partial charge >= 0.3 is 18.9 Å². The van der Waals surface area contributed by atoms with Crippen LogP contribution in [0, 0.1) is 0 Å². The van der Waals surface area contributed by atoms with Gasteiger partial charge in [-0.1, -0.05) is 0 Å². The van der Waals surface area contributed by atoms with Crippen molar-refractivity contribution in [1.29, 1.82) is 0 Å². The number of pyridine rings is 1. The summed E-state index contributed by atoms with van der Waals surface area (Å²) >= 11 is -2.28. The Balaban J connectivity index is 0.00000121. The van der Waals surface area contributed by atoms with Gasteiger partial charge in [0.15, 0.2) is 0 Å². The van der Waals surface area contributed by atoms with Crippen molar-refractivity contribution in [3.8, 4) is 5.75 Å². The molecule has 60 valence electrons. The number of methoxy groups -OCH3 is 1. The van der Waals surface area contributed by atoms with Crippen molar-refractivity contribution in [2.24, 2.45) is 0 Å². The standard InChI is InChI=1S/C6H7NO3S.Li/c1-10-5-2-3-7-6(4-5)11(8)9;/h2-4H,1H3,(H,8,9);/q;+1/p-1. The molecule has 1 atom stereocenters. The third-order valence-electron chi connectivity index (χ3n) is 1.11. The number of hydrogen-bond donors (Lipinski definition) is 0. The van der Waals surface area contributed by atoms with Crippen LogP contribution in [-0.4, -0.2) is 20.9 Å². The van der Waals surface area contributed by atoms with Crippen LogP contribution in [-0.2, 0) is 11.1 Å². The SMILES string of the molecule is COc1ccnc(S(=O)[O-])c1.[Li+]. The van der Waals surface area contributed by atoms with E-state index in [0.29, 0.717) is 5.75 Å². The maximum absolute atomic E-state index is 10.4. The molecule has 0 aliphatic carbocycles. The fourth-order valence-corrected chi connectivity index (χ4v) is 0.969. The Labute approximate surface area is 84.8 Å². The van der Waals surface area contributed by atoms with E-state index in [4.69, 9.17) is 4.74 Å². The van der Waals surface area contributed by atoms with Crippen LogP contribution in [0.25, 0.3) is 0 Å². The molecule has 1 unspecified atom stereocenters. The van der Waals surface area contributed by atoms with Crippen LogP contribution in [0.5, 0.6) is 5.75 Å². The summed E-state index contributed by atoms with van der Waals surface area (Å²) in [5.41, 5.74) is 0. The van der Waals surface area contributed by atoms with Crippen LogP contribution >= 0.6 is 0 Å². The van der Waals surface area contributed by atoms with Crippen LogP contribution in [0.3, 0.4) is 0 Å². The molecule has 0 fully saturated rings. The average Bonchev–Trinajstić information content (AvgIpc) is 2.05. The Morgan fingerprint density at radius 2 is 2.33 bits per heavy atom. The van der Waals surface area contributed by atoms with E-state index in [0.717, 1.165) is 0 Å². The summed E-state index contributed by atoms with van der Waals surface area (Å²) in [6.07, 6.45) is 1.38. The molecule has 0 saturated heterocycles. The monoisotopic (exact) mass is 179 g/mol. The zero-order valence-electron chi connectivity index (χ0n) is 6.81. The van der Waals surface area contributed by atoms with E-state index in [1.54, 1.807) is 6.07 Å². The molecule has 0 N–H and O–H groups in total. The molecule has 12 heavy (non-hydrogen) atoms. The number of rotatable bonds is 2. The summed E-state index contributed by atoms with van der Waals surface area (Å²) in [4.78, 5) is 3.59. The molecule has 0 aromatic carbocycles. The summed E-state index contributed by atoms with van der Waals surface area (Å²) < 4.78 is 25.5. The first-order valence-electron chi connectivity index (χ1n) is 2.83. The molecule has 1 rings (SSSR count). The predicted molar refractivity (Wildman–Crippen MR) is 38.0 cm³/mol. The number of aromatic nitrogens is 1. The topological polar surface area (TPSA) is 62.2 Å². The first-order chi connectivity index (χ1) is 5.24. The molecule has 1 heterocycles. The molecule has 4 nitrogen and oxygen atoms in total. The Morgan fingerprint density at radius 1 is 1.67 bits per heavy atom. The molecule has 1 aromatic heterocycles. The summed E-state index contributed by atoms with van der Waals surface area (Å²) in [5.74, 6) is 0.485. The van der Waals surface area contributed by atoms with E-state index in [2.05, 4.69) is 4.98 Å². The number of ether oxygens (including phenoxy) is 1. The third-order valence-corrected chi connectivity index (χ3v) is 1.68. The van der Waals surface area contributed by atoms with Crippen molar-refractivity contribution in [1.82, 2.24) is 4.98 Å². The van der Waals surface area contributed by atoms with Gasteiger partial charge in [0.25, 0.3) is 0 Å². The maximum atomic E-state index is 10.4. The second kappa shape index (κ2) is 5.33. The molecule has 0 saturated carbocycles. The summed E-state index contributed by atoms with van der Waals surface area (Å²) in [6, 6.07) is 2.93. The van der Waals surface area contributed by atoms with Crippen molar-refractivity contribution in [3.63, 3.8) is 0 Å². The minimum Gasteiger partial charge on any atom is -0.767 e. The fourth-order valence-electron chi connectivity index (χ4n) is 0.609. The van der Waals surface area contributed by atoms with Crippen molar-refractivity contribution in [2.75, 3.05) is 7.11 Å². The van der Waals surface area contributed by atoms with Gasteiger partial charge < -0.3 is 9.29 Å². The summed E-state index contributed by atoms with van der Waals surface area (Å²) in [7, 11) is 1.47. The smallest absolute Gasteiger partial charge is 0.767 e. The first kappa shape index (κ1) is 11.7. The molecule has 0 spiro atoms. The Kier molecular flexibility index (Phi) is 5.18. The molecule has 0 amide bonds. The molecular formula is C6H6LiNO3S. The zero-order valence-corrected chi connectivity index (χ0v) is 7.63. The first-order valence-corrected chi connectivity index (χ1v) is 3.91. The van der Waals surface area contributed by atoms with Gasteiger partial charge in [-0.15, -0.1) is 0 Å². The van der Waals surface area contributed by atoms with Crippen molar-refractivity contribution < 1.29 is 32.4 Å². The number of nitrogens with zero attached hydrogens (tertiary/aromatic N) is 1. The van der Waals surface area contributed by atoms with Gasteiger partial charge in [0, 0.05) is 12.3 Å². The summed E-state index contributed by atoms with van der Waals surface area (Å²) in [5, 5.41) is -0.00986. The van der Waals surface area contributed by atoms with E-state index in [-0.39, 0.29) is 23.9 Å². The van der Waals surface area contributed by atoms with E-state index in [1.807, 2.05) is 0 Å². The molecule has 0 aliphatic heterocycles. The van der Waals surface area contributed by atoms with Crippen molar-refractivity contribution in [3.05, 3.63) is 18.3 Å². The molecule has 1 aromatic rings. The normalized spacial score (nSPS) is 11.5. The minimum absolute atomic E-state index is 0. The Morgan fingerprint density at radius 3 is 2.83 bits per heavy atom. The van der Waals surface area contributed by atoms with Crippen LogP contribution in [0.1, 0.15) is 0 Å². The van der Waals surface area contributed by atoms with Gasteiger partial charge in [-0.2, -0.15) is 0 Å². The molecular weight excluding hydrogens is 173 g/mol. The largest absolute Gasteiger partial charge is 1.00 e. The second-order valence-electron chi connectivity index (χ2n) is 1.77. The van der Waals surface area contributed by atoms with Crippen LogP contribution in [0.2, 0.25) is 0 Å². The average molecular weight is 179 g/mol. The predicted octanol–water partition coefficient (Wildman–Crippen LogP) is -2.67. The quantitative estimate of drug-likeness (QED) is 0.367. The Hall–Kier alpha value is -0.343. The van der Waals surface area contributed by atoms with Gasteiger partial charge in [-0.25, -0.2) is 4.98 Å². The van der Waals surface area contributed by atoms with Gasteiger partial charge in [-0.3, -0.25) is 4.21 Å². The van der Waals surface area contributed by atoms with Gasteiger partial charge in [0.1, 0.15) is 10.8 Å². The van der Waals surface area contributed by atoms with Crippen LogP contribution in [0.15, 0.2) is 23.4 Å². The molecule has 0 aliphatic rings. The van der Waals surface area contributed by atoms with Crippen molar-refractivity contribution >= 4 is 11.1 Å². The van der Waals surface area contributed by atoms with Crippen LogP contribution < -0.4 is 23.6 Å². The van der Waals surface area contributed by atoms with E-state index < -0.39 is 11.1 Å². The molecule has 0 bridgehead atoms. The molecule has 6 heteroatoms. The maximum Gasteiger partial charge on any atom is 1.00 e. The minimum atomic E-state index is -2.28. The Bertz CT molecular complexity index is 281. The van der Waals surface area contributed by atoms with Crippen molar-refractivity contribution in [2.45, 2.75) is 5.03 Å².